The van der Waals surface area contributed by atoms with E-state index in [1.807, 2.05) is 12.1 Å². The van der Waals surface area contributed by atoms with Crippen molar-refractivity contribution < 1.29 is 4.79 Å². The first kappa shape index (κ1) is 16.3. The highest BCUT2D eigenvalue weighted by Gasteiger charge is 2.11. The van der Waals surface area contributed by atoms with Crippen molar-refractivity contribution in [3.05, 3.63) is 41.6 Å². The highest BCUT2D eigenvalue weighted by atomic mass is 16.1. The molecule has 0 atom stereocenters. The van der Waals surface area contributed by atoms with E-state index >= 15 is 0 Å². The number of amides is 1. The number of nitriles is 2. The number of carbonyl (C=O) groups is 1. The van der Waals surface area contributed by atoms with Gasteiger partial charge in [-0.15, -0.1) is 0 Å². The topological polar surface area (TPSA) is 88.7 Å². The van der Waals surface area contributed by atoms with E-state index in [2.05, 4.69) is 24.5 Å². The molecule has 1 amide bonds. The first-order valence-electron chi connectivity index (χ1n) is 6.72. The third-order valence-corrected chi connectivity index (χ3v) is 2.77. The van der Waals surface area contributed by atoms with Gasteiger partial charge in [-0.1, -0.05) is 26.0 Å². The molecule has 0 aliphatic rings. The first-order valence-corrected chi connectivity index (χ1v) is 6.72. The Labute approximate surface area is 124 Å². The van der Waals surface area contributed by atoms with E-state index in [1.165, 1.54) is 6.20 Å². The van der Waals surface area contributed by atoms with Crippen LogP contribution in [0.1, 0.15) is 25.8 Å². The molecule has 5 nitrogen and oxygen atoms in total. The second-order valence-electron chi connectivity index (χ2n) is 4.92. The van der Waals surface area contributed by atoms with Crippen molar-refractivity contribution in [3.63, 3.8) is 0 Å². The monoisotopic (exact) mass is 282 g/mol. The number of carbonyl (C=O) groups excluding carboxylic acids is 1. The SMILES string of the molecule is CC(C)CCN/C=C(/C#N)C(=O)Nc1ccccc1C#N. The summed E-state index contributed by atoms with van der Waals surface area (Å²) in [6, 6.07) is 10.5. The van der Waals surface area contributed by atoms with Crippen LogP contribution in [0.25, 0.3) is 0 Å². The maximum Gasteiger partial charge on any atom is 0.267 e. The minimum atomic E-state index is -0.530. The summed E-state index contributed by atoms with van der Waals surface area (Å²) >= 11 is 0. The molecule has 0 saturated heterocycles. The number of anilines is 1. The van der Waals surface area contributed by atoms with E-state index in [0.717, 1.165) is 6.42 Å². The van der Waals surface area contributed by atoms with Gasteiger partial charge in [0.2, 0.25) is 0 Å². The molecule has 0 bridgehead atoms. The summed E-state index contributed by atoms with van der Waals surface area (Å²) in [6.45, 7) is 4.90. The van der Waals surface area contributed by atoms with Crippen molar-refractivity contribution in [2.45, 2.75) is 20.3 Å². The summed E-state index contributed by atoms with van der Waals surface area (Å²) in [4.78, 5) is 12.0. The smallest absolute Gasteiger partial charge is 0.267 e. The zero-order valence-electron chi connectivity index (χ0n) is 12.2. The third-order valence-electron chi connectivity index (χ3n) is 2.77. The Morgan fingerprint density at radius 1 is 1.33 bits per heavy atom. The van der Waals surface area contributed by atoms with Gasteiger partial charge in [0.25, 0.3) is 5.91 Å². The summed E-state index contributed by atoms with van der Waals surface area (Å²) < 4.78 is 0. The Bertz CT molecular complexity index is 605. The van der Waals surface area contributed by atoms with Crippen molar-refractivity contribution in [3.8, 4) is 12.1 Å². The summed E-state index contributed by atoms with van der Waals surface area (Å²) in [5.74, 6) is 0.0185. The molecule has 21 heavy (non-hydrogen) atoms. The Morgan fingerprint density at radius 2 is 2.05 bits per heavy atom. The largest absolute Gasteiger partial charge is 0.390 e. The molecule has 0 aromatic heterocycles. The van der Waals surface area contributed by atoms with E-state index in [-0.39, 0.29) is 5.57 Å². The molecule has 0 unspecified atom stereocenters. The number of nitrogens with one attached hydrogen (secondary N) is 2. The molecule has 0 aliphatic carbocycles. The summed E-state index contributed by atoms with van der Waals surface area (Å²) in [5.41, 5.74) is 0.732. The van der Waals surface area contributed by atoms with Gasteiger partial charge in [-0.3, -0.25) is 4.79 Å². The lowest BCUT2D eigenvalue weighted by atomic mass is 10.1. The van der Waals surface area contributed by atoms with E-state index < -0.39 is 5.91 Å². The Balaban J connectivity index is 2.70. The molecule has 0 spiro atoms. The lowest BCUT2D eigenvalue weighted by Gasteiger charge is -2.07. The molecule has 0 heterocycles. The standard InChI is InChI=1S/C16H18N4O/c1-12(2)7-8-19-11-14(10-18)16(21)20-15-6-4-3-5-13(15)9-17/h3-6,11-12,19H,7-8H2,1-2H3,(H,20,21)/b14-11-. The van der Waals surface area contributed by atoms with E-state index in [0.29, 0.717) is 23.7 Å². The van der Waals surface area contributed by atoms with Crippen molar-refractivity contribution in [1.82, 2.24) is 5.32 Å². The third kappa shape index (κ3) is 5.38. The van der Waals surface area contributed by atoms with Crippen LogP contribution in [-0.2, 0) is 4.79 Å². The second-order valence-corrected chi connectivity index (χ2v) is 4.92. The molecule has 0 saturated carbocycles. The van der Waals surface area contributed by atoms with Crippen LogP contribution in [0, 0.1) is 28.6 Å². The van der Waals surface area contributed by atoms with Gasteiger partial charge in [0.1, 0.15) is 17.7 Å². The average molecular weight is 282 g/mol. The zero-order valence-corrected chi connectivity index (χ0v) is 12.2. The number of hydrogen-bond acceptors (Lipinski definition) is 4. The molecule has 1 aromatic carbocycles. The normalized spacial score (nSPS) is 10.6. The van der Waals surface area contributed by atoms with Gasteiger partial charge in [0, 0.05) is 12.7 Å². The van der Waals surface area contributed by atoms with E-state index in [1.54, 1.807) is 24.3 Å². The van der Waals surface area contributed by atoms with Gasteiger partial charge in [-0.25, -0.2) is 0 Å². The summed E-state index contributed by atoms with van der Waals surface area (Å²) in [5, 5.41) is 23.5. The van der Waals surface area contributed by atoms with Crippen LogP contribution in [0.4, 0.5) is 5.69 Å². The molecule has 0 aliphatic heterocycles. The zero-order chi connectivity index (χ0) is 15.7. The molecular formula is C16H18N4O. The highest BCUT2D eigenvalue weighted by Crippen LogP contribution is 2.14. The van der Waals surface area contributed by atoms with Crippen LogP contribution < -0.4 is 10.6 Å². The molecule has 2 N–H and O–H groups in total. The lowest BCUT2D eigenvalue weighted by Crippen LogP contribution is -2.18. The minimum absolute atomic E-state index is 0.0218. The number of rotatable bonds is 6. The van der Waals surface area contributed by atoms with Crippen LogP contribution in [-0.4, -0.2) is 12.5 Å². The van der Waals surface area contributed by atoms with Crippen LogP contribution in [0.15, 0.2) is 36.0 Å². The Hall–Kier alpha value is -2.79. The maximum atomic E-state index is 12.0. The highest BCUT2D eigenvalue weighted by molar-refractivity contribution is 6.07. The van der Waals surface area contributed by atoms with Crippen molar-refractivity contribution in [2.75, 3.05) is 11.9 Å². The fourth-order valence-electron chi connectivity index (χ4n) is 1.57. The van der Waals surface area contributed by atoms with E-state index in [9.17, 15) is 4.79 Å². The summed E-state index contributed by atoms with van der Waals surface area (Å²) in [7, 11) is 0. The molecule has 1 aromatic rings. The van der Waals surface area contributed by atoms with Crippen molar-refractivity contribution >= 4 is 11.6 Å². The molecule has 5 heteroatoms. The lowest BCUT2D eigenvalue weighted by molar-refractivity contribution is -0.112. The van der Waals surface area contributed by atoms with Crippen molar-refractivity contribution in [2.24, 2.45) is 5.92 Å². The van der Waals surface area contributed by atoms with Crippen LogP contribution in [0.5, 0.6) is 0 Å². The second kappa shape index (κ2) is 8.39. The number of nitrogens with zero attached hydrogens (tertiary/aromatic N) is 2. The fraction of sp³-hybridized carbons (Fsp3) is 0.312. The molecular weight excluding hydrogens is 264 g/mol. The van der Waals surface area contributed by atoms with Crippen molar-refractivity contribution in [1.29, 1.82) is 10.5 Å². The predicted molar refractivity (Wildman–Crippen MR) is 80.9 cm³/mol. The number of para-hydroxylation sites is 1. The molecule has 0 radical (unpaired) electrons. The van der Waals surface area contributed by atoms with Crippen LogP contribution in [0.2, 0.25) is 0 Å². The summed E-state index contributed by atoms with van der Waals surface area (Å²) in [6.07, 6.45) is 2.36. The fourth-order valence-corrected chi connectivity index (χ4v) is 1.57. The molecule has 0 fully saturated rings. The van der Waals surface area contributed by atoms with Gasteiger partial charge in [0.05, 0.1) is 11.3 Å². The first-order chi connectivity index (χ1) is 10.1. The van der Waals surface area contributed by atoms with Gasteiger partial charge < -0.3 is 10.6 Å². The number of benzene rings is 1. The van der Waals surface area contributed by atoms with Crippen LogP contribution in [0.3, 0.4) is 0 Å². The van der Waals surface area contributed by atoms with Crippen LogP contribution >= 0.6 is 0 Å². The maximum absolute atomic E-state index is 12.0. The quantitative estimate of drug-likeness (QED) is 0.476. The Kier molecular flexibility index (Phi) is 6.50. The van der Waals surface area contributed by atoms with E-state index in [4.69, 9.17) is 10.5 Å². The Morgan fingerprint density at radius 3 is 2.67 bits per heavy atom. The number of hydrogen-bond donors (Lipinski definition) is 2. The van der Waals surface area contributed by atoms with Gasteiger partial charge in [-0.2, -0.15) is 10.5 Å². The van der Waals surface area contributed by atoms with Gasteiger partial charge in [-0.05, 0) is 24.5 Å². The van der Waals surface area contributed by atoms with Gasteiger partial charge >= 0.3 is 0 Å². The minimum Gasteiger partial charge on any atom is -0.390 e. The van der Waals surface area contributed by atoms with Gasteiger partial charge in [0.15, 0.2) is 0 Å². The average Bonchev–Trinajstić information content (AvgIpc) is 2.47. The molecule has 1 rings (SSSR count). The predicted octanol–water partition coefficient (Wildman–Crippen LogP) is 2.54. The molecule has 108 valence electrons.